The van der Waals surface area contributed by atoms with Crippen LogP contribution < -0.4 is 9.80 Å². The van der Waals surface area contributed by atoms with Crippen LogP contribution in [0.1, 0.15) is 0 Å². The van der Waals surface area contributed by atoms with Gasteiger partial charge in [0.2, 0.25) is 0 Å². The Kier molecular flexibility index (Phi) is 7.81. The third-order valence-electron chi connectivity index (χ3n) is 10.4. The number of aromatic nitrogens is 1. The van der Waals surface area contributed by atoms with Gasteiger partial charge in [0.1, 0.15) is 0 Å². The molecule has 0 spiro atoms. The van der Waals surface area contributed by atoms with Gasteiger partial charge in [-0.3, -0.25) is 4.98 Å². The lowest BCUT2D eigenvalue weighted by Gasteiger charge is -2.30. The van der Waals surface area contributed by atoms with E-state index in [-0.39, 0.29) is 0 Å². The second kappa shape index (κ2) is 13.4. The van der Waals surface area contributed by atoms with Crippen molar-refractivity contribution in [2.45, 2.75) is 0 Å². The number of hydrogen-bond donors (Lipinski definition) is 0. The number of hydrogen-bond acceptors (Lipinski definition) is 3. The molecule has 54 heavy (non-hydrogen) atoms. The minimum atomic E-state index is 1.00. The van der Waals surface area contributed by atoms with E-state index in [1.165, 1.54) is 37.9 Å². The van der Waals surface area contributed by atoms with Gasteiger partial charge >= 0.3 is 0 Å². The van der Waals surface area contributed by atoms with Crippen molar-refractivity contribution < 1.29 is 0 Å². The molecule has 3 heteroatoms. The molecule has 0 amide bonds. The van der Waals surface area contributed by atoms with Crippen molar-refractivity contribution in [2.75, 3.05) is 9.80 Å². The monoisotopic (exact) mass is 689 g/mol. The number of benzene rings is 9. The van der Waals surface area contributed by atoms with Gasteiger partial charge in [-0.15, -0.1) is 0 Å². The predicted octanol–water partition coefficient (Wildman–Crippen LogP) is 14.3. The van der Waals surface area contributed by atoms with Crippen molar-refractivity contribution >= 4 is 77.3 Å². The zero-order valence-corrected chi connectivity index (χ0v) is 29.5. The van der Waals surface area contributed by atoms with E-state index in [0.29, 0.717) is 0 Å². The van der Waals surface area contributed by atoms with Gasteiger partial charge < -0.3 is 9.80 Å². The third kappa shape index (κ3) is 5.78. The van der Waals surface area contributed by atoms with Crippen molar-refractivity contribution in [3.63, 3.8) is 0 Å². The Morgan fingerprint density at radius 1 is 0.296 bits per heavy atom. The zero-order chi connectivity index (χ0) is 35.8. The van der Waals surface area contributed by atoms with Crippen molar-refractivity contribution in [1.82, 2.24) is 4.98 Å². The Hall–Kier alpha value is -7.23. The standard InChI is InChI=1S/C51H35N3/c1-2-16-44(17-3-1)53(47-28-27-37-22-24-41(31-43(37)33-47)42-25-23-39-15-10-30-52-50(39)34-42)45-18-9-19-46(35-45)54(48-29-26-36-11-4-5-13-40(36)32-48)51-21-8-14-38-12-6-7-20-49(38)51/h1-35H. The molecule has 0 aliphatic rings. The topological polar surface area (TPSA) is 19.4 Å². The first kappa shape index (κ1) is 31.5. The molecule has 1 heterocycles. The van der Waals surface area contributed by atoms with E-state index in [9.17, 15) is 0 Å². The maximum absolute atomic E-state index is 4.61. The van der Waals surface area contributed by atoms with Gasteiger partial charge in [0, 0.05) is 45.4 Å². The van der Waals surface area contributed by atoms with E-state index in [1.807, 2.05) is 12.3 Å². The summed E-state index contributed by atoms with van der Waals surface area (Å²) in [5.74, 6) is 0. The van der Waals surface area contributed by atoms with Gasteiger partial charge in [-0.05, 0) is 117 Å². The quantitative estimate of drug-likeness (QED) is 0.166. The van der Waals surface area contributed by atoms with Crippen LogP contribution in [-0.2, 0) is 0 Å². The second-order valence-electron chi connectivity index (χ2n) is 13.7. The Labute approximate surface area is 314 Å². The maximum Gasteiger partial charge on any atom is 0.0708 e. The van der Waals surface area contributed by atoms with Gasteiger partial charge in [0.15, 0.2) is 0 Å². The van der Waals surface area contributed by atoms with E-state index < -0.39 is 0 Å². The minimum Gasteiger partial charge on any atom is -0.310 e. The highest BCUT2D eigenvalue weighted by Crippen LogP contribution is 2.43. The Balaban J connectivity index is 1.12. The number of para-hydroxylation sites is 1. The highest BCUT2D eigenvalue weighted by Gasteiger charge is 2.19. The lowest BCUT2D eigenvalue weighted by molar-refractivity contribution is 1.26. The maximum atomic E-state index is 4.61. The number of nitrogens with zero attached hydrogens (tertiary/aromatic N) is 3. The Bertz CT molecular complexity index is 2960. The zero-order valence-electron chi connectivity index (χ0n) is 29.5. The van der Waals surface area contributed by atoms with Crippen molar-refractivity contribution in [2.24, 2.45) is 0 Å². The van der Waals surface area contributed by atoms with E-state index in [0.717, 1.165) is 50.6 Å². The van der Waals surface area contributed by atoms with Crippen LogP contribution in [0.4, 0.5) is 34.1 Å². The predicted molar refractivity (Wildman–Crippen MR) is 229 cm³/mol. The fourth-order valence-corrected chi connectivity index (χ4v) is 7.74. The van der Waals surface area contributed by atoms with Crippen LogP contribution in [0.25, 0.3) is 54.3 Å². The largest absolute Gasteiger partial charge is 0.310 e. The molecule has 0 saturated carbocycles. The molecule has 0 atom stereocenters. The molecule has 0 N–H and O–H groups in total. The average Bonchev–Trinajstić information content (AvgIpc) is 3.24. The highest BCUT2D eigenvalue weighted by atomic mass is 15.2. The molecule has 0 fully saturated rings. The summed E-state index contributed by atoms with van der Waals surface area (Å²) in [4.78, 5) is 9.36. The van der Waals surface area contributed by atoms with Crippen LogP contribution in [0.2, 0.25) is 0 Å². The fraction of sp³-hybridized carbons (Fsp3) is 0. The molecule has 9 aromatic carbocycles. The van der Waals surface area contributed by atoms with Gasteiger partial charge in [-0.2, -0.15) is 0 Å². The van der Waals surface area contributed by atoms with Crippen LogP contribution in [0, 0.1) is 0 Å². The summed E-state index contributed by atoms with van der Waals surface area (Å²) >= 11 is 0. The molecule has 0 aliphatic carbocycles. The number of anilines is 6. The molecular weight excluding hydrogens is 655 g/mol. The summed E-state index contributed by atoms with van der Waals surface area (Å²) in [6.45, 7) is 0. The lowest BCUT2D eigenvalue weighted by Crippen LogP contribution is -2.13. The molecule has 10 aromatic rings. The normalized spacial score (nSPS) is 11.3. The smallest absolute Gasteiger partial charge is 0.0708 e. The Morgan fingerprint density at radius 3 is 1.70 bits per heavy atom. The molecule has 0 aliphatic heterocycles. The first-order valence-electron chi connectivity index (χ1n) is 18.4. The highest BCUT2D eigenvalue weighted by molar-refractivity contribution is 6.01. The molecule has 0 unspecified atom stereocenters. The lowest BCUT2D eigenvalue weighted by atomic mass is 9.99. The molecular formula is C51H35N3. The van der Waals surface area contributed by atoms with Crippen LogP contribution in [0.3, 0.4) is 0 Å². The van der Waals surface area contributed by atoms with Crippen LogP contribution in [-0.4, -0.2) is 4.98 Å². The summed E-state index contributed by atoms with van der Waals surface area (Å²) < 4.78 is 0. The molecule has 10 rings (SSSR count). The molecule has 0 radical (unpaired) electrons. The first-order chi connectivity index (χ1) is 26.7. The third-order valence-corrected chi connectivity index (χ3v) is 10.4. The fourth-order valence-electron chi connectivity index (χ4n) is 7.74. The Morgan fingerprint density at radius 2 is 0.852 bits per heavy atom. The van der Waals surface area contributed by atoms with E-state index in [2.05, 4.69) is 215 Å². The van der Waals surface area contributed by atoms with Crippen molar-refractivity contribution in [3.05, 3.63) is 212 Å². The van der Waals surface area contributed by atoms with Crippen LogP contribution >= 0.6 is 0 Å². The minimum absolute atomic E-state index is 1.00. The summed E-state index contributed by atoms with van der Waals surface area (Å²) in [7, 11) is 0. The molecule has 0 saturated heterocycles. The number of rotatable bonds is 7. The van der Waals surface area contributed by atoms with Gasteiger partial charge in [-0.25, -0.2) is 0 Å². The van der Waals surface area contributed by atoms with Crippen LogP contribution in [0.15, 0.2) is 212 Å². The second-order valence-corrected chi connectivity index (χ2v) is 13.7. The number of pyridine rings is 1. The number of fused-ring (bicyclic) bond motifs is 4. The van der Waals surface area contributed by atoms with Gasteiger partial charge in [0.05, 0.1) is 11.2 Å². The summed E-state index contributed by atoms with van der Waals surface area (Å²) in [6.07, 6.45) is 1.86. The molecule has 0 bridgehead atoms. The summed E-state index contributed by atoms with van der Waals surface area (Å²) in [6, 6.07) is 74.2. The first-order valence-corrected chi connectivity index (χ1v) is 18.4. The van der Waals surface area contributed by atoms with E-state index in [4.69, 9.17) is 0 Å². The van der Waals surface area contributed by atoms with Gasteiger partial charge in [0.25, 0.3) is 0 Å². The summed E-state index contributed by atoms with van der Waals surface area (Å²) in [5.41, 5.74) is 9.89. The molecule has 3 nitrogen and oxygen atoms in total. The SMILES string of the molecule is c1ccc(N(c2cccc(N(c3ccc4ccccc4c3)c3cccc4ccccc34)c2)c2ccc3ccc(-c4ccc5cccnc5c4)cc3c2)cc1. The van der Waals surface area contributed by atoms with Gasteiger partial charge in [-0.1, -0.05) is 127 Å². The van der Waals surface area contributed by atoms with E-state index >= 15 is 0 Å². The molecule has 254 valence electrons. The van der Waals surface area contributed by atoms with Crippen LogP contribution in [0.5, 0.6) is 0 Å². The average molecular weight is 690 g/mol. The van der Waals surface area contributed by atoms with E-state index in [1.54, 1.807) is 0 Å². The van der Waals surface area contributed by atoms with Crippen molar-refractivity contribution in [1.29, 1.82) is 0 Å². The molecule has 1 aromatic heterocycles. The van der Waals surface area contributed by atoms with Crippen molar-refractivity contribution in [3.8, 4) is 11.1 Å². The summed E-state index contributed by atoms with van der Waals surface area (Å²) in [5, 5.41) is 8.35.